The molecule has 1 aliphatic rings. The summed E-state index contributed by atoms with van der Waals surface area (Å²) in [5.41, 5.74) is 0.336. The molecule has 1 aromatic heterocycles. The van der Waals surface area contributed by atoms with E-state index in [1.165, 1.54) is 12.4 Å². The van der Waals surface area contributed by atoms with E-state index in [1.54, 1.807) is 6.20 Å². The van der Waals surface area contributed by atoms with Crippen molar-refractivity contribution in [3.63, 3.8) is 0 Å². The average Bonchev–Trinajstić information content (AvgIpc) is 2.45. The predicted octanol–water partition coefficient (Wildman–Crippen LogP) is 0.563. The molecule has 1 fully saturated rings. The van der Waals surface area contributed by atoms with Crippen LogP contribution in [0.15, 0.2) is 18.6 Å². The maximum absolute atomic E-state index is 11.9. The normalized spacial score (nSPS) is 20.1. The average molecular weight is 278 g/mol. The molecule has 20 heavy (non-hydrogen) atoms. The summed E-state index contributed by atoms with van der Waals surface area (Å²) in [7, 11) is 0. The monoisotopic (exact) mass is 278 g/mol. The summed E-state index contributed by atoms with van der Waals surface area (Å²) < 4.78 is 5.68. The highest BCUT2D eigenvalue weighted by Gasteiger charge is 2.21. The van der Waals surface area contributed by atoms with Crippen LogP contribution in [0.5, 0.6) is 0 Å². The molecule has 110 valence electrons. The van der Waals surface area contributed by atoms with Crippen LogP contribution >= 0.6 is 0 Å². The molecule has 0 spiro atoms. The van der Waals surface area contributed by atoms with Crippen molar-refractivity contribution in [3.8, 4) is 0 Å². The van der Waals surface area contributed by atoms with Gasteiger partial charge in [0.1, 0.15) is 5.69 Å². The van der Waals surface area contributed by atoms with Crippen LogP contribution in [0.3, 0.4) is 0 Å². The van der Waals surface area contributed by atoms with Crippen molar-refractivity contribution in [2.24, 2.45) is 5.92 Å². The van der Waals surface area contributed by atoms with Crippen LogP contribution in [0.25, 0.3) is 0 Å². The van der Waals surface area contributed by atoms with Gasteiger partial charge in [-0.25, -0.2) is 4.98 Å². The van der Waals surface area contributed by atoms with E-state index in [0.29, 0.717) is 18.2 Å². The lowest BCUT2D eigenvalue weighted by Crippen LogP contribution is -2.48. The fraction of sp³-hybridized carbons (Fsp3) is 0.643. The Balaban J connectivity index is 1.77. The highest BCUT2D eigenvalue weighted by atomic mass is 16.5. The minimum Gasteiger partial charge on any atom is -0.374 e. The summed E-state index contributed by atoms with van der Waals surface area (Å²) in [6.07, 6.45) is 4.56. The number of ether oxygens (including phenoxy) is 1. The summed E-state index contributed by atoms with van der Waals surface area (Å²) >= 11 is 0. The minimum atomic E-state index is -0.206. The van der Waals surface area contributed by atoms with Crippen molar-refractivity contribution in [2.45, 2.75) is 20.0 Å². The first-order valence-electron chi connectivity index (χ1n) is 7.03. The molecule has 0 unspecified atom stereocenters. The molecule has 1 atom stereocenters. The highest BCUT2D eigenvalue weighted by Crippen LogP contribution is 2.07. The molecule has 2 rings (SSSR count). The zero-order valence-corrected chi connectivity index (χ0v) is 12.1. The number of hydrogen-bond acceptors (Lipinski definition) is 5. The van der Waals surface area contributed by atoms with E-state index in [2.05, 4.69) is 34.0 Å². The molecular formula is C14H22N4O2. The van der Waals surface area contributed by atoms with E-state index in [9.17, 15) is 4.79 Å². The molecule has 0 aromatic carbocycles. The number of rotatable bonds is 5. The van der Waals surface area contributed by atoms with E-state index in [1.807, 2.05) is 0 Å². The lowest BCUT2D eigenvalue weighted by Gasteiger charge is -2.33. The van der Waals surface area contributed by atoms with Gasteiger partial charge in [0.15, 0.2) is 0 Å². The van der Waals surface area contributed by atoms with Gasteiger partial charge in [-0.05, 0) is 5.92 Å². The maximum atomic E-state index is 11.9. The molecule has 1 aliphatic heterocycles. The van der Waals surface area contributed by atoms with Crippen molar-refractivity contribution in [1.82, 2.24) is 20.2 Å². The molecular weight excluding hydrogens is 256 g/mol. The van der Waals surface area contributed by atoms with Gasteiger partial charge < -0.3 is 10.1 Å². The summed E-state index contributed by atoms with van der Waals surface area (Å²) in [5, 5.41) is 2.85. The van der Waals surface area contributed by atoms with Crippen LogP contribution in [0.1, 0.15) is 24.3 Å². The fourth-order valence-corrected chi connectivity index (χ4v) is 2.30. The topological polar surface area (TPSA) is 67.3 Å². The van der Waals surface area contributed by atoms with E-state index in [4.69, 9.17) is 4.74 Å². The van der Waals surface area contributed by atoms with Crippen molar-refractivity contribution >= 4 is 5.91 Å². The van der Waals surface area contributed by atoms with Gasteiger partial charge in [-0.15, -0.1) is 0 Å². The third-order valence-corrected chi connectivity index (χ3v) is 3.13. The van der Waals surface area contributed by atoms with Gasteiger partial charge in [0.2, 0.25) is 0 Å². The fourth-order valence-electron chi connectivity index (χ4n) is 2.30. The van der Waals surface area contributed by atoms with Crippen molar-refractivity contribution in [3.05, 3.63) is 24.3 Å². The van der Waals surface area contributed by atoms with Crippen LogP contribution < -0.4 is 5.32 Å². The Morgan fingerprint density at radius 1 is 1.55 bits per heavy atom. The van der Waals surface area contributed by atoms with Crippen LogP contribution in [0, 0.1) is 5.92 Å². The van der Waals surface area contributed by atoms with Gasteiger partial charge in [-0.1, -0.05) is 13.8 Å². The zero-order valence-electron chi connectivity index (χ0n) is 12.1. The molecule has 1 amide bonds. The number of carbonyl (C=O) groups excluding carboxylic acids is 1. The summed E-state index contributed by atoms with van der Waals surface area (Å²) in [6.45, 7) is 8.53. The number of amides is 1. The van der Waals surface area contributed by atoms with Crippen LogP contribution in [0.2, 0.25) is 0 Å². The van der Waals surface area contributed by atoms with Crippen LogP contribution in [-0.4, -0.2) is 59.7 Å². The first-order valence-corrected chi connectivity index (χ1v) is 7.03. The first kappa shape index (κ1) is 14.9. The maximum Gasteiger partial charge on any atom is 0.271 e. The Labute approximate surface area is 119 Å². The number of hydrogen-bond donors (Lipinski definition) is 1. The standard InChI is InChI=1S/C14H22N4O2/c1-11(2)9-18-5-6-20-12(10-18)7-17-14(19)13-8-15-3-4-16-13/h3-4,8,11-12H,5-7,9-10H2,1-2H3,(H,17,19)/t12-/m1/s1. The smallest absolute Gasteiger partial charge is 0.271 e. The molecule has 1 saturated heterocycles. The van der Waals surface area contributed by atoms with Crippen molar-refractivity contribution in [2.75, 3.05) is 32.8 Å². The number of nitrogens with one attached hydrogen (secondary N) is 1. The summed E-state index contributed by atoms with van der Waals surface area (Å²) in [5.74, 6) is 0.436. The van der Waals surface area contributed by atoms with Gasteiger partial charge in [0, 0.05) is 38.6 Å². The second kappa shape index (κ2) is 7.31. The summed E-state index contributed by atoms with van der Waals surface area (Å²) in [4.78, 5) is 22.1. The van der Waals surface area contributed by atoms with Crippen molar-refractivity contribution in [1.29, 1.82) is 0 Å². The molecule has 1 aromatic rings. The van der Waals surface area contributed by atoms with Gasteiger partial charge in [0.25, 0.3) is 5.91 Å². The molecule has 0 radical (unpaired) electrons. The Morgan fingerprint density at radius 3 is 3.10 bits per heavy atom. The quantitative estimate of drug-likeness (QED) is 0.852. The van der Waals surface area contributed by atoms with Gasteiger partial charge in [-0.2, -0.15) is 0 Å². The Kier molecular flexibility index (Phi) is 5.43. The van der Waals surface area contributed by atoms with Gasteiger partial charge in [-0.3, -0.25) is 14.7 Å². The molecule has 6 nitrogen and oxygen atoms in total. The molecule has 0 bridgehead atoms. The molecule has 0 aliphatic carbocycles. The van der Waals surface area contributed by atoms with E-state index in [0.717, 1.165) is 26.2 Å². The second-order valence-electron chi connectivity index (χ2n) is 5.45. The molecule has 0 saturated carbocycles. The Hall–Kier alpha value is -1.53. The predicted molar refractivity (Wildman–Crippen MR) is 75.4 cm³/mol. The molecule has 6 heteroatoms. The SMILES string of the molecule is CC(C)CN1CCO[C@H](CNC(=O)c2cnccn2)C1. The number of nitrogens with zero attached hydrogens (tertiary/aromatic N) is 3. The first-order chi connectivity index (χ1) is 9.65. The zero-order chi connectivity index (χ0) is 14.4. The van der Waals surface area contributed by atoms with Crippen LogP contribution in [0.4, 0.5) is 0 Å². The molecule has 2 heterocycles. The Morgan fingerprint density at radius 2 is 2.40 bits per heavy atom. The van der Waals surface area contributed by atoms with E-state index >= 15 is 0 Å². The van der Waals surface area contributed by atoms with Crippen LogP contribution in [-0.2, 0) is 4.74 Å². The minimum absolute atomic E-state index is 0.0446. The number of aromatic nitrogens is 2. The number of morpholine rings is 1. The lowest BCUT2D eigenvalue weighted by atomic mass is 10.2. The number of carbonyl (C=O) groups is 1. The Bertz CT molecular complexity index is 424. The van der Waals surface area contributed by atoms with Gasteiger partial charge >= 0.3 is 0 Å². The van der Waals surface area contributed by atoms with E-state index in [-0.39, 0.29) is 12.0 Å². The second-order valence-corrected chi connectivity index (χ2v) is 5.45. The lowest BCUT2D eigenvalue weighted by molar-refractivity contribution is -0.0295. The largest absolute Gasteiger partial charge is 0.374 e. The summed E-state index contributed by atoms with van der Waals surface area (Å²) in [6, 6.07) is 0. The van der Waals surface area contributed by atoms with E-state index < -0.39 is 0 Å². The third kappa shape index (κ3) is 4.54. The molecule has 1 N–H and O–H groups in total. The highest BCUT2D eigenvalue weighted by molar-refractivity contribution is 5.91. The third-order valence-electron chi connectivity index (χ3n) is 3.13. The van der Waals surface area contributed by atoms with Crippen molar-refractivity contribution < 1.29 is 9.53 Å². The van der Waals surface area contributed by atoms with Gasteiger partial charge in [0.05, 0.1) is 18.9 Å².